The average Bonchev–Trinajstić information content (AvgIpc) is 3.34. The van der Waals surface area contributed by atoms with Crippen molar-refractivity contribution in [2.75, 3.05) is 18.1 Å². The molecule has 1 aromatic rings. The molecule has 0 saturated heterocycles. The molecule has 0 unspecified atom stereocenters. The van der Waals surface area contributed by atoms with Gasteiger partial charge in [0.2, 0.25) is 0 Å². The Morgan fingerprint density at radius 3 is 2.56 bits per heavy atom. The normalized spacial score (nSPS) is 16.6. The van der Waals surface area contributed by atoms with Crippen molar-refractivity contribution in [1.29, 1.82) is 0 Å². The van der Waals surface area contributed by atoms with Crippen molar-refractivity contribution >= 4 is 9.84 Å². The average molecular weight is 367 g/mol. The van der Waals surface area contributed by atoms with Crippen molar-refractivity contribution in [3.63, 3.8) is 0 Å². The molecule has 0 heterocycles. The lowest BCUT2D eigenvalue weighted by molar-refractivity contribution is 0.299. The number of hydrogen-bond donors (Lipinski definition) is 0. The van der Waals surface area contributed by atoms with Gasteiger partial charge in [-0.05, 0) is 67.1 Å². The molecule has 1 aliphatic carbocycles. The minimum absolute atomic E-state index is 0.0455. The molecule has 1 aliphatic rings. The van der Waals surface area contributed by atoms with Crippen molar-refractivity contribution in [2.45, 2.75) is 65.7 Å². The molecule has 2 rings (SSSR count). The SMILES string of the molecule is CC[C@@H](CS(=O)(=O)CCCC(C)(C)C)c1cccc(OCC2CC2)c1. The van der Waals surface area contributed by atoms with E-state index >= 15 is 0 Å². The van der Waals surface area contributed by atoms with E-state index in [1.807, 2.05) is 24.3 Å². The van der Waals surface area contributed by atoms with Gasteiger partial charge in [-0.3, -0.25) is 0 Å². The molecule has 4 heteroatoms. The molecule has 0 aliphatic heterocycles. The van der Waals surface area contributed by atoms with Gasteiger partial charge in [0, 0.05) is 0 Å². The number of sulfone groups is 1. The van der Waals surface area contributed by atoms with Crippen molar-refractivity contribution in [1.82, 2.24) is 0 Å². The third-order valence-corrected chi connectivity index (χ3v) is 6.66. The van der Waals surface area contributed by atoms with Gasteiger partial charge in [0.05, 0.1) is 18.1 Å². The third kappa shape index (κ3) is 7.81. The molecule has 3 nitrogen and oxygen atoms in total. The molecule has 0 amide bonds. The topological polar surface area (TPSA) is 43.4 Å². The van der Waals surface area contributed by atoms with Crippen molar-refractivity contribution < 1.29 is 13.2 Å². The van der Waals surface area contributed by atoms with Gasteiger partial charge in [0.25, 0.3) is 0 Å². The van der Waals surface area contributed by atoms with Gasteiger partial charge in [0.15, 0.2) is 9.84 Å². The van der Waals surface area contributed by atoms with Crippen LogP contribution in [0.1, 0.15) is 71.3 Å². The first-order valence-electron chi connectivity index (χ1n) is 9.62. The predicted molar refractivity (Wildman–Crippen MR) is 105 cm³/mol. The summed E-state index contributed by atoms with van der Waals surface area (Å²) in [6, 6.07) is 8.01. The second kappa shape index (κ2) is 8.57. The lowest BCUT2D eigenvalue weighted by atomic mass is 9.91. The first-order valence-corrected chi connectivity index (χ1v) is 11.4. The first-order chi connectivity index (χ1) is 11.7. The molecule has 142 valence electrons. The van der Waals surface area contributed by atoms with Crippen LogP contribution >= 0.6 is 0 Å². The summed E-state index contributed by atoms with van der Waals surface area (Å²) in [6.07, 6.45) is 5.04. The fourth-order valence-electron chi connectivity index (χ4n) is 3.02. The molecule has 1 atom stereocenters. The maximum atomic E-state index is 12.5. The van der Waals surface area contributed by atoms with Gasteiger partial charge >= 0.3 is 0 Å². The summed E-state index contributed by atoms with van der Waals surface area (Å²) in [4.78, 5) is 0. The lowest BCUT2D eigenvalue weighted by Gasteiger charge is -2.19. The van der Waals surface area contributed by atoms with Crippen LogP contribution in [0.25, 0.3) is 0 Å². The van der Waals surface area contributed by atoms with E-state index in [0.717, 1.165) is 37.2 Å². The lowest BCUT2D eigenvalue weighted by Crippen LogP contribution is -2.19. The Morgan fingerprint density at radius 1 is 1.24 bits per heavy atom. The Balaban J connectivity index is 1.94. The van der Waals surface area contributed by atoms with Gasteiger partial charge in [-0.25, -0.2) is 8.42 Å². The Morgan fingerprint density at radius 2 is 1.96 bits per heavy atom. The molecule has 1 saturated carbocycles. The highest BCUT2D eigenvalue weighted by molar-refractivity contribution is 7.91. The summed E-state index contributed by atoms with van der Waals surface area (Å²) in [7, 11) is -3.03. The van der Waals surface area contributed by atoms with Crippen LogP contribution in [0.5, 0.6) is 5.75 Å². The van der Waals surface area contributed by atoms with E-state index in [-0.39, 0.29) is 17.1 Å². The van der Waals surface area contributed by atoms with E-state index in [4.69, 9.17) is 4.74 Å². The number of rotatable bonds is 10. The smallest absolute Gasteiger partial charge is 0.150 e. The Bertz CT molecular complexity index is 639. The zero-order valence-corrected chi connectivity index (χ0v) is 17.1. The highest BCUT2D eigenvalue weighted by atomic mass is 32.2. The fraction of sp³-hybridized carbons (Fsp3) is 0.714. The van der Waals surface area contributed by atoms with Gasteiger partial charge < -0.3 is 4.74 Å². The summed E-state index contributed by atoms with van der Waals surface area (Å²) >= 11 is 0. The zero-order valence-electron chi connectivity index (χ0n) is 16.3. The summed E-state index contributed by atoms with van der Waals surface area (Å²) < 4.78 is 30.9. The highest BCUT2D eigenvalue weighted by Gasteiger charge is 2.23. The summed E-state index contributed by atoms with van der Waals surface area (Å²) in [6.45, 7) is 9.31. The Labute approximate surface area is 154 Å². The van der Waals surface area contributed by atoms with E-state index in [1.165, 1.54) is 12.8 Å². The Kier molecular flexibility index (Phi) is 6.95. The maximum absolute atomic E-state index is 12.5. The van der Waals surface area contributed by atoms with E-state index in [1.54, 1.807) is 0 Å². The summed E-state index contributed by atoms with van der Waals surface area (Å²) in [5.41, 5.74) is 1.27. The van der Waals surface area contributed by atoms with Gasteiger partial charge in [0.1, 0.15) is 5.75 Å². The second-order valence-electron chi connectivity index (χ2n) is 8.71. The number of hydrogen-bond acceptors (Lipinski definition) is 3. The fourth-order valence-corrected chi connectivity index (χ4v) is 4.81. The molecule has 1 fully saturated rings. The first kappa shape index (κ1) is 20.3. The quantitative estimate of drug-likeness (QED) is 0.571. The standard InChI is InChI=1S/C21H34O3S/c1-5-18(16-25(22,23)13-7-12-21(2,3)4)19-8-6-9-20(14-19)24-15-17-10-11-17/h6,8-9,14,17-18H,5,7,10-13,15-16H2,1-4H3/t18-/m0/s1. The molecule has 0 radical (unpaired) electrons. The summed E-state index contributed by atoms with van der Waals surface area (Å²) in [5.74, 6) is 2.16. The van der Waals surface area contributed by atoms with Gasteiger partial charge in [-0.15, -0.1) is 0 Å². The van der Waals surface area contributed by atoms with Crippen LogP contribution < -0.4 is 4.74 Å². The van der Waals surface area contributed by atoms with E-state index in [0.29, 0.717) is 11.7 Å². The molecule has 0 N–H and O–H groups in total. The zero-order chi connectivity index (χ0) is 18.5. The van der Waals surface area contributed by atoms with Crippen LogP contribution in [-0.4, -0.2) is 26.5 Å². The number of benzene rings is 1. The molecule has 25 heavy (non-hydrogen) atoms. The number of ether oxygens (including phenoxy) is 1. The predicted octanol–water partition coefficient (Wildman–Crippen LogP) is 5.21. The van der Waals surface area contributed by atoms with Crippen LogP contribution in [0.2, 0.25) is 0 Å². The molecule has 1 aromatic carbocycles. The van der Waals surface area contributed by atoms with E-state index < -0.39 is 9.84 Å². The summed E-state index contributed by atoms with van der Waals surface area (Å²) in [5, 5.41) is 0. The minimum Gasteiger partial charge on any atom is -0.493 e. The van der Waals surface area contributed by atoms with Crippen molar-refractivity contribution in [3.8, 4) is 5.75 Å². The molecular weight excluding hydrogens is 332 g/mol. The molecule has 0 spiro atoms. The Hall–Kier alpha value is -1.03. The van der Waals surface area contributed by atoms with E-state index in [9.17, 15) is 8.42 Å². The van der Waals surface area contributed by atoms with Crippen LogP contribution in [-0.2, 0) is 9.84 Å². The van der Waals surface area contributed by atoms with Crippen LogP contribution in [0.15, 0.2) is 24.3 Å². The largest absolute Gasteiger partial charge is 0.493 e. The van der Waals surface area contributed by atoms with Gasteiger partial charge in [-0.2, -0.15) is 0 Å². The third-order valence-electron chi connectivity index (χ3n) is 4.84. The monoisotopic (exact) mass is 366 g/mol. The van der Waals surface area contributed by atoms with Crippen molar-refractivity contribution in [3.05, 3.63) is 29.8 Å². The molecular formula is C21H34O3S. The van der Waals surface area contributed by atoms with Crippen LogP contribution in [0, 0.1) is 11.3 Å². The maximum Gasteiger partial charge on any atom is 0.150 e. The second-order valence-corrected chi connectivity index (χ2v) is 10.9. The molecule has 0 aromatic heterocycles. The van der Waals surface area contributed by atoms with Crippen molar-refractivity contribution in [2.24, 2.45) is 11.3 Å². The highest BCUT2D eigenvalue weighted by Crippen LogP contribution is 2.31. The van der Waals surface area contributed by atoms with Crippen LogP contribution in [0.3, 0.4) is 0 Å². The minimum atomic E-state index is -3.03. The van der Waals surface area contributed by atoms with E-state index in [2.05, 4.69) is 27.7 Å². The van der Waals surface area contributed by atoms with Gasteiger partial charge in [-0.1, -0.05) is 39.8 Å². The van der Waals surface area contributed by atoms with Crippen LogP contribution in [0.4, 0.5) is 0 Å². The molecule has 0 bridgehead atoms.